The lowest BCUT2D eigenvalue weighted by Gasteiger charge is -2.40. The molecule has 31 heavy (non-hydrogen) atoms. The van der Waals surface area contributed by atoms with E-state index in [-0.39, 0.29) is 11.7 Å². The molecule has 5 nitrogen and oxygen atoms in total. The van der Waals surface area contributed by atoms with Crippen molar-refractivity contribution in [1.29, 1.82) is 0 Å². The van der Waals surface area contributed by atoms with E-state index < -0.39 is 0 Å². The smallest absolute Gasteiger partial charge is 0.159 e. The number of anilines is 1. The standard InChI is InChI=1S/C26H24N4O/c1-17-29(22-13-8-10-19-18-9-4-7-14-23(18)31-24(19)22)15-16-30(17)26(2,3)25-27-20-11-5-6-12-21(20)28-25/h4-17H,1-3H3,(H,27,28)/t17-/m1/s1. The monoisotopic (exact) mass is 408 g/mol. The van der Waals surface area contributed by atoms with Crippen LogP contribution < -0.4 is 4.90 Å². The molecule has 0 unspecified atom stereocenters. The molecular weight excluding hydrogens is 384 g/mol. The molecule has 2 aromatic heterocycles. The average Bonchev–Trinajstić information content (AvgIpc) is 3.48. The highest BCUT2D eigenvalue weighted by Gasteiger charge is 2.38. The molecule has 1 N–H and O–H groups in total. The summed E-state index contributed by atoms with van der Waals surface area (Å²) in [5, 5.41) is 2.29. The summed E-state index contributed by atoms with van der Waals surface area (Å²) in [7, 11) is 0. The van der Waals surface area contributed by atoms with Crippen molar-refractivity contribution in [3.8, 4) is 0 Å². The summed E-state index contributed by atoms with van der Waals surface area (Å²) in [6, 6.07) is 22.7. The van der Waals surface area contributed by atoms with Gasteiger partial charge in [-0.3, -0.25) is 0 Å². The fraction of sp³-hybridized carbons (Fsp3) is 0.192. The molecule has 0 saturated carbocycles. The Balaban J connectivity index is 1.40. The molecule has 5 aromatic rings. The van der Waals surface area contributed by atoms with Crippen LogP contribution in [0.3, 0.4) is 0 Å². The van der Waals surface area contributed by atoms with Gasteiger partial charge in [0.15, 0.2) is 5.58 Å². The van der Waals surface area contributed by atoms with Gasteiger partial charge in [-0.25, -0.2) is 4.98 Å². The number of rotatable bonds is 3. The largest absolute Gasteiger partial charge is 0.454 e. The van der Waals surface area contributed by atoms with Crippen LogP contribution in [-0.4, -0.2) is 21.0 Å². The third-order valence-electron chi connectivity index (χ3n) is 6.47. The number of hydrogen-bond donors (Lipinski definition) is 1. The SMILES string of the molecule is C[C@@H]1N(c2cccc3c2oc2ccccc23)C=CN1C(C)(C)c1nc2ccccc2[nH]1. The number of benzene rings is 3. The lowest BCUT2D eigenvalue weighted by molar-refractivity contribution is 0.145. The number of furan rings is 1. The molecule has 0 bridgehead atoms. The molecular formula is C26H24N4O. The number of imidazole rings is 1. The number of fused-ring (bicyclic) bond motifs is 4. The van der Waals surface area contributed by atoms with Crippen LogP contribution in [0.4, 0.5) is 5.69 Å². The second-order valence-corrected chi connectivity index (χ2v) is 8.66. The van der Waals surface area contributed by atoms with Crippen molar-refractivity contribution in [2.75, 3.05) is 4.90 Å². The van der Waals surface area contributed by atoms with E-state index in [1.807, 2.05) is 30.3 Å². The second-order valence-electron chi connectivity index (χ2n) is 8.66. The highest BCUT2D eigenvalue weighted by molar-refractivity contribution is 6.09. The molecule has 1 aliphatic heterocycles. The van der Waals surface area contributed by atoms with Gasteiger partial charge in [0.25, 0.3) is 0 Å². The zero-order chi connectivity index (χ0) is 21.2. The van der Waals surface area contributed by atoms with Crippen molar-refractivity contribution < 1.29 is 4.42 Å². The van der Waals surface area contributed by atoms with Crippen molar-refractivity contribution in [1.82, 2.24) is 14.9 Å². The first-order chi connectivity index (χ1) is 15.0. The lowest BCUT2D eigenvalue weighted by Crippen LogP contribution is -2.46. The Labute approximate surface area is 180 Å². The van der Waals surface area contributed by atoms with Crippen molar-refractivity contribution >= 4 is 38.7 Å². The molecule has 0 fully saturated rings. The van der Waals surface area contributed by atoms with Crippen LogP contribution in [0, 0.1) is 0 Å². The van der Waals surface area contributed by atoms with Crippen LogP contribution in [0.1, 0.15) is 26.6 Å². The van der Waals surface area contributed by atoms with Crippen molar-refractivity contribution in [2.24, 2.45) is 0 Å². The molecule has 5 heteroatoms. The van der Waals surface area contributed by atoms with Crippen LogP contribution >= 0.6 is 0 Å². The van der Waals surface area contributed by atoms with Crippen LogP contribution in [0.25, 0.3) is 33.0 Å². The van der Waals surface area contributed by atoms with Crippen molar-refractivity contribution in [2.45, 2.75) is 32.5 Å². The lowest BCUT2D eigenvalue weighted by atomic mass is 10.0. The van der Waals surface area contributed by atoms with Gasteiger partial charge in [-0.05, 0) is 45.0 Å². The Morgan fingerprint density at radius 1 is 0.903 bits per heavy atom. The van der Waals surface area contributed by atoms with E-state index >= 15 is 0 Å². The van der Waals surface area contributed by atoms with Gasteiger partial charge in [0.2, 0.25) is 0 Å². The minimum Gasteiger partial charge on any atom is -0.454 e. The first kappa shape index (κ1) is 18.1. The fourth-order valence-corrected chi connectivity index (χ4v) is 4.76. The summed E-state index contributed by atoms with van der Waals surface area (Å²) in [5.74, 6) is 0.953. The van der Waals surface area contributed by atoms with E-state index in [4.69, 9.17) is 9.40 Å². The van der Waals surface area contributed by atoms with Gasteiger partial charge < -0.3 is 19.2 Å². The molecule has 0 saturated heterocycles. The maximum Gasteiger partial charge on any atom is 0.159 e. The maximum absolute atomic E-state index is 6.28. The molecule has 154 valence electrons. The Morgan fingerprint density at radius 3 is 2.55 bits per heavy atom. The van der Waals surface area contributed by atoms with Crippen LogP contribution in [0.5, 0.6) is 0 Å². The molecule has 0 radical (unpaired) electrons. The molecule has 3 aromatic carbocycles. The fourth-order valence-electron chi connectivity index (χ4n) is 4.76. The second kappa shape index (κ2) is 6.38. The van der Waals surface area contributed by atoms with Gasteiger partial charge >= 0.3 is 0 Å². The Hall–Kier alpha value is -3.73. The molecule has 3 heterocycles. The Bertz CT molecular complexity index is 1430. The van der Waals surface area contributed by atoms with Gasteiger partial charge in [-0.2, -0.15) is 0 Å². The van der Waals surface area contributed by atoms with Gasteiger partial charge in [0, 0.05) is 23.2 Å². The number of para-hydroxylation sites is 4. The number of aromatic amines is 1. The summed E-state index contributed by atoms with van der Waals surface area (Å²) in [5.41, 5.74) is 4.64. The van der Waals surface area contributed by atoms with Crippen molar-refractivity contribution in [3.05, 3.63) is 85.0 Å². The van der Waals surface area contributed by atoms with Crippen molar-refractivity contribution in [3.63, 3.8) is 0 Å². The van der Waals surface area contributed by atoms with E-state index in [0.29, 0.717) is 0 Å². The number of nitrogens with zero attached hydrogens (tertiary/aromatic N) is 3. The van der Waals surface area contributed by atoms with Crippen LogP contribution in [0.15, 0.2) is 83.5 Å². The third kappa shape index (κ3) is 2.59. The third-order valence-corrected chi connectivity index (χ3v) is 6.47. The number of aromatic nitrogens is 2. The molecule has 6 rings (SSSR count). The minimum atomic E-state index is -0.314. The number of hydrogen-bond acceptors (Lipinski definition) is 4. The van der Waals surface area contributed by atoms with Crippen LogP contribution in [-0.2, 0) is 5.54 Å². The first-order valence-electron chi connectivity index (χ1n) is 10.6. The Kier molecular flexibility index (Phi) is 3.72. The normalized spacial score (nSPS) is 16.9. The van der Waals surface area contributed by atoms with Gasteiger partial charge in [0.05, 0.1) is 22.3 Å². The van der Waals surface area contributed by atoms with Gasteiger partial charge in [-0.15, -0.1) is 0 Å². The summed E-state index contributed by atoms with van der Waals surface area (Å²) in [6.45, 7) is 6.62. The van der Waals surface area contributed by atoms with E-state index in [2.05, 4.69) is 84.4 Å². The van der Waals surface area contributed by atoms with E-state index in [0.717, 1.165) is 44.5 Å². The summed E-state index contributed by atoms with van der Waals surface area (Å²) in [6.07, 6.45) is 4.39. The topological polar surface area (TPSA) is 48.3 Å². The summed E-state index contributed by atoms with van der Waals surface area (Å²) >= 11 is 0. The molecule has 1 aliphatic rings. The average molecular weight is 409 g/mol. The summed E-state index contributed by atoms with van der Waals surface area (Å²) < 4.78 is 6.28. The molecule has 1 atom stereocenters. The number of nitrogens with one attached hydrogen (secondary N) is 1. The Morgan fingerprint density at radius 2 is 1.68 bits per heavy atom. The maximum atomic E-state index is 6.28. The zero-order valence-electron chi connectivity index (χ0n) is 17.8. The molecule has 0 amide bonds. The number of H-pyrrole nitrogens is 1. The van der Waals surface area contributed by atoms with E-state index in [9.17, 15) is 0 Å². The van der Waals surface area contributed by atoms with E-state index in [1.165, 1.54) is 0 Å². The minimum absolute atomic E-state index is 0.0991. The van der Waals surface area contributed by atoms with Crippen LogP contribution in [0.2, 0.25) is 0 Å². The predicted octanol–water partition coefficient (Wildman–Crippen LogP) is 6.34. The molecule has 0 spiro atoms. The van der Waals surface area contributed by atoms with E-state index in [1.54, 1.807) is 0 Å². The first-order valence-corrected chi connectivity index (χ1v) is 10.6. The predicted molar refractivity (Wildman–Crippen MR) is 126 cm³/mol. The van der Waals surface area contributed by atoms with Gasteiger partial charge in [0.1, 0.15) is 17.6 Å². The summed E-state index contributed by atoms with van der Waals surface area (Å²) in [4.78, 5) is 13.0. The van der Waals surface area contributed by atoms with Gasteiger partial charge in [-0.1, -0.05) is 42.5 Å². The highest BCUT2D eigenvalue weighted by Crippen LogP contribution is 2.40. The zero-order valence-corrected chi connectivity index (χ0v) is 17.8. The highest BCUT2D eigenvalue weighted by atomic mass is 16.3. The molecule has 0 aliphatic carbocycles. The quantitative estimate of drug-likeness (QED) is 0.379.